The van der Waals surface area contributed by atoms with Crippen LogP contribution in [0.3, 0.4) is 0 Å². The predicted octanol–water partition coefficient (Wildman–Crippen LogP) is -0.280. The zero-order chi connectivity index (χ0) is 10.9. The molecule has 1 rings (SSSR count). The molecule has 0 aliphatic heterocycles. The minimum Gasteiger partial charge on any atom is -0.545 e. The molecule has 0 spiro atoms. The van der Waals surface area contributed by atoms with Gasteiger partial charge in [0.05, 0.1) is 22.0 Å². The van der Waals surface area contributed by atoms with Gasteiger partial charge in [-0.05, 0) is 6.07 Å². The van der Waals surface area contributed by atoms with Crippen LogP contribution in [0.2, 0.25) is 10.0 Å². The van der Waals surface area contributed by atoms with Gasteiger partial charge in [0.15, 0.2) is 0 Å². The lowest BCUT2D eigenvalue weighted by Crippen LogP contribution is -2.30. The van der Waals surface area contributed by atoms with Crippen LogP contribution in [0, 0.1) is 0 Å². The van der Waals surface area contributed by atoms with Crippen molar-refractivity contribution in [2.24, 2.45) is 0 Å². The monoisotopic (exact) mass is 232 g/mol. The van der Waals surface area contributed by atoms with Crippen molar-refractivity contribution in [1.29, 1.82) is 0 Å². The first kappa shape index (κ1) is 10.8. The Morgan fingerprint density at radius 1 is 1.07 bits per heavy atom. The van der Waals surface area contributed by atoms with Crippen molar-refractivity contribution in [2.75, 3.05) is 0 Å². The molecule has 0 amide bonds. The Balaban J connectivity index is 3.53. The molecular weight excluding hydrogens is 231 g/mol. The van der Waals surface area contributed by atoms with E-state index >= 15 is 0 Å². The molecule has 1 aromatic carbocycles. The SMILES string of the molecule is O=C([O-])c1ccc(Cl)c(Cl)c1C(=O)[O-]. The summed E-state index contributed by atoms with van der Waals surface area (Å²) in [7, 11) is 0. The van der Waals surface area contributed by atoms with Gasteiger partial charge >= 0.3 is 0 Å². The van der Waals surface area contributed by atoms with Gasteiger partial charge in [0, 0.05) is 11.1 Å². The van der Waals surface area contributed by atoms with Crippen LogP contribution in [0.1, 0.15) is 20.7 Å². The number of hydrogen-bond donors (Lipinski definition) is 0. The highest BCUT2D eigenvalue weighted by molar-refractivity contribution is 6.44. The number of aromatic carboxylic acids is 2. The first-order valence-electron chi connectivity index (χ1n) is 3.36. The number of halogens is 2. The quantitative estimate of drug-likeness (QED) is 0.703. The van der Waals surface area contributed by atoms with E-state index in [2.05, 4.69) is 0 Å². The Bertz CT molecular complexity index is 414. The average Bonchev–Trinajstić information content (AvgIpc) is 2.08. The molecule has 0 saturated carbocycles. The highest BCUT2D eigenvalue weighted by atomic mass is 35.5. The normalized spacial score (nSPS) is 9.86. The lowest BCUT2D eigenvalue weighted by molar-refractivity contribution is -0.259. The van der Waals surface area contributed by atoms with Gasteiger partial charge in [-0.15, -0.1) is 0 Å². The van der Waals surface area contributed by atoms with Crippen molar-refractivity contribution in [2.45, 2.75) is 0 Å². The summed E-state index contributed by atoms with van der Waals surface area (Å²) in [5.41, 5.74) is -1.22. The molecule has 0 unspecified atom stereocenters. The standard InChI is InChI=1S/C8H4Cl2O4/c9-4-2-1-3(7(11)12)5(6(4)10)8(13)14/h1-2H,(H,11,12)(H,13,14)/p-2. The minimum absolute atomic E-state index is 0.0594. The van der Waals surface area contributed by atoms with Crippen LogP contribution in [0.5, 0.6) is 0 Å². The highest BCUT2D eigenvalue weighted by Crippen LogP contribution is 2.27. The zero-order valence-corrected chi connectivity index (χ0v) is 8.06. The molecule has 0 N–H and O–H groups in total. The maximum atomic E-state index is 10.6. The van der Waals surface area contributed by atoms with Crippen molar-refractivity contribution in [3.63, 3.8) is 0 Å². The van der Waals surface area contributed by atoms with Crippen molar-refractivity contribution in [3.8, 4) is 0 Å². The maximum Gasteiger partial charge on any atom is 0.0737 e. The lowest BCUT2D eigenvalue weighted by Gasteiger charge is -2.13. The second-order valence-corrected chi connectivity index (χ2v) is 3.14. The number of carbonyl (C=O) groups is 2. The minimum atomic E-state index is -1.71. The number of benzene rings is 1. The summed E-state index contributed by atoms with van der Waals surface area (Å²) in [6.07, 6.45) is 0. The summed E-state index contributed by atoms with van der Waals surface area (Å²) in [4.78, 5) is 21.0. The Kier molecular flexibility index (Phi) is 2.98. The van der Waals surface area contributed by atoms with Crippen molar-refractivity contribution >= 4 is 35.1 Å². The highest BCUT2D eigenvalue weighted by Gasteiger charge is 2.12. The molecule has 0 atom stereocenters. The van der Waals surface area contributed by atoms with E-state index < -0.39 is 23.1 Å². The zero-order valence-electron chi connectivity index (χ0n) is 6.54. The molecule has 0 aliphatic carbocycles. The van der Waals surface area contributed by atoms with E-state index in [9.17, 15) is 19.8 Å². The Morgan fingerprint density at radius 2 is 1.64 bits per heavy atom. The summed E-state index contributed by atoms with van der Waals surface area (Å²) in [6.45, 7) is 0. The fourth-order valence-corrected chi connectivity index (χ4v) is 1.32. The Hall–Kier alpha value is -1.26. The van der Waals surface area contributed by atoms with Crippen LogP contribution >= 0.6 is 23.2 Å². The molecule has 0 radical (unpaired) electrons. The Morgan fingerprint density at radius 3 is 2.07 bits per heavy atom. The van der Waals surface area contributed by atoms with Gasteiger partial charge in [0.25, 0.3) is 0 Å². The number of hydrogen-bond acceptors (Lipinski definition) is 4. The number of carboxylic acid groups (broad SMARTS) is 2. The van der Waals surface area contributed by atoms with Gasteiger partial charge in [-0.2, -0.15) is 0 Å². The average molecular weight is 233 g/mol. The second-order valence-electron chi connectivity index (χ2n) is 2.36. The van der Waals surface area contributed by atoms with Crippen LogP contribution < -0.4 is 10.2 Å². The molecule has 74 valence electrons. The fraction of sp³-hybridized carbons (Fsp3) is 0. The van der Waals surface area contributed by atoms with E-state index in [1.165, 1.54) is 6.07 Å². The molecule has 14 heavy (non-hydrogen) atoms. The molecule has 0 bridgehead atoms. The van der Waals surface area contributed by atoms with E-state index in [0.717, 1.165) is 6.07 Å². The predicted molar refractivity (Wildman–Crippen MR) is 45.1 cm³/mol. The Labute approximate surface area is 88.7 Å². The van der Waals surface area contributed by atoms with Crippen molar-refractivity contribution in [1.82, 2.24) is 0 Å². The molecule has 0 heterocycles. The van der Waals surface area contributed by atoms with Gasteiger partial charge in [0.1, 0.15) is 0 Å². The molecule has 0 fully saturated rings. The van der Waals surface area contributed by atoms with E-state index in [4.69, 9.17) is 23.2 Å². The molecule has 0 saturated heterocycles. The summed E-state index contributed by atoms with van der Waals surface area (Å²) in [6, 6.07) is 2.16. The largest absolute Gasteiger partial charge is 0.545 e. The lowest BCUT2D eigenvalue weighted by atomic mass is 10.1. The van der Waals surface area contributed by atoms with E-state index in [1.54, 1.807) is 0 Å². The van der Waals surface area contributed by atoms with Gasteiger partial charge in [-0.1, -0.05) is 29.3 Å². The van der Waals surface area contributed by atoms with Gasteiger partial charge in [0.2, 0.25) is 0 Å². The molecule has 0 aromatic heterocycles. The smallest absolute Gasteiger partial charge is 0.0737 e. The summed E-state index contributed by atoms with van der Waals surface area (Å²) in [5, 5.41) is 20.6. The molecule has 6 heteroatoms. The number of carbonyl (C=O) groups excluding carboxylic acids is 2. The van der Waals surface area contributed by atoms with Crippen LogP contribution in [0.15, 0.2) is 12.1 Å². The van der Waals surface area contributed by atoms with Crippen molar-refractivity contribution < 1.29 is 19.8 Å². The van der Waals surface area contributed by atoms with Gasteiger partial charge < -0.3 is 19.8 Å². The molecule has 4 nitrogen and oxygen atoms in total. The van der Waals surface area contributed by atoms with Gasteiger partial charge in [-0.25, -0.2) is 0 Å². The summed E-state index contributed by atoms with van der Waals surface area (Å²) < 4.78 is 0. The summed E-state index contributed by atoms with van der Waals surface area (Å²) in [5.74, 6) is -3.36. The first-order chi connectivity index (χ1) is 6.45. The summed E-state index contributed by atoms with van der Waals surface area (Å²) >= 11 is 11.0. The van der Waals surface area contributed by atoms with E-state index in [-0.39, 0.29) is 10.0 Å². The van der Waals surface area contributed by atoms with Crippen LogP contribution in [0.25, 0.3) is 0 Å². The van der Waals surface area contributed by atoms with Crippen LogP contribution in [0.4, 0.5) is 0 Å². The second kappa shape index (κ2) is 3.86. The third-order valence-corrected chi connectivity index (χ3v) is 2.32. The topological polar surface area (TPSA) is 80.3 Å². The molecule has 1 aromatic rings. The maximum absolute atomic E-state index is 10.6. The van der Waals surface area contributed by atoms with Crippen LogP contribution in [-0.4, -0.2) is 11.9 Å². The number of rotatable bonds is 2. The van der Waals surface area contributed by atoms with Crippen molar-refractivity contribution in [3.05, 3.63) is 33.3 Å². The molecular formula is C8H2Cl2O4-2. The van der Waals surface area contributed by atoms with Gasteiger partial charge in [-0.3, -0.25) is 0 Å². The third-order valence-electron chi connectivity index (χ3n) is 1.52. The molecule has 0 aliphatic rings. The van der Waals surface area contributed by atoms with E-state index in [1.807, 2.05) is 0 Å². The third kappa shape index (κ3) is 1.81. The van der Waals surface area contributed by atoms with Crippen LogP contribution in [-0.2, 0) is 0 Å². The number of carboxylic acids is 2. The fourth-order valence-electron chi connectivity index (χ4n) is 0.920. The van der Waals surface area contributed by atoms with E-state index in [0.29, 0.717) is 0 Å². The first-order valence-corrected chi connectivity index (χ1v) is 4.11.